The van der Waals surface area contributed by atoms with Gasteiger partial charge in [-0.2, -0.15) is 0 Å². The van der Waals surface area contributed by atoms with Gasteiger partial charge in [0.05, 0.1) is 11.2 Å². The lowest BCUT2D eigenvalue weighted by Crippen LogP contribution is -2.27. The summed E-state index contributed by atoms with van der Waals surface area (Å²) in [5.41, 5.74) is 2.22. The molecule has 0 atom stereocenters. The van der Waals surface area contributed by atoms with E-state index < -0.39 is 0 Å². The van der Waals surface area contributed by atoms with Crippen LogP contribution in [-0.2, 0) is 17.9 Å². The molecule has 0 saturated carbocycles. The van der Waals surface area contributed by atoms with Gasteiger partial charge < -0.3 is 15.1 Å². The summed E-state index contributed by atoms with van der Waals surface area (Å²) in [6.45, 7) is 3.58. The Kier molecular flexibility index (Phi) is 5.94. The number of amides is 2. The van der Waals surface area contributed by atoms with E-state index in [1.165, 1.54) is 6.20 Å². The molecule has 7 nitrogen and oxygen atoms in total. The van der Waals surface area contributed by atoms with Gasteiger partial charge in [-0.1, -0.05) is 35.9 Å². The summed E-state index contributed by atoms with van der Waals surface area (Å²) in [5, 5.41) is 3.13. The summed E-state index contributed by atoms with van der Waals surface area (Å²) in [6, 6.07) is 7.91. The van der Waals surface area contributed by atoms with Crippen molar-refractivity contribution < 1.29 is 9.59 Å². The summed E-state index contributed by atoms with van der Waals surface area (Å²) < 4.78 is 0. The molecule has 2 aliphatic heterocycles. The fourth-order valence-corrected chi connectivity index (χ4v) is 3.96. The van der Waals surface area contributed by atoms with Crippen molar-refractivity contribution in [3.63, 3.8) is 0 Å². The maximum atomic E-state index is 12.7. The Hall–Kier alpha value is -2.67. The second-order valence-electron chi connectivity index (χ2n) is 7.48. The first kappa shape index (κ1) is 19.6. The molecule has 2 amide bonds. The molecule has 1 aromatic heterocycles. The molecule has 2 aliphatic rings. The molecule has 3 heterocycles. The van der Waals surface area contributed by atoms with E-state index in [9.17, 15) is 9.59 Å². The summed E-state index contributed by atoms with van der Waals surface area (Å²) in [7, 11) is 0. The molecule has 1 aromatic carbocycles. The normalized spacial score (nSPS) is 16.5. The number of benzene rings is 1. The zero-order valence-corrected chi connectivity index (χ0v) is 17.0. The minimum absolute atomic E-state index is 0.197. The van der Waals surface area contributed by atoms with Crippen LogP contribution < -0.4 is 10.2 Å². The molecular formula is C21H24ClN5O2. The first-order chi connectivity index (χ1) is 14.1. The van der Waals surface area contributed by atoms with Crippen molar-refractivity contribution in [2.75, 3.05) is 24.5 Å². The van der Waals surface area contributed by atoms with Crippen molar-refractivity contribution in [1.82, 2.24) is 20.2 Å². The van der Waals surface area contributed by atoms with Gasteiger partial charge in [-0.25, -0.2) is 9.97 Å². The van der Waals surface area contributed by atoms with Crippen LogP contribution in [0.3, 0.4) is 0 Å². The zero-order valence-electron chi connectivity index (χ0n) is 16.2. The first-order valence-electron chi connectivity index (χ1n) is 10.0. The number of anilines is 1. The molecule has 8 heteroatoms. The van der Waals surface area contributed by atoms with E-state index in [2.05, 4.69) is 20.2 Å². The lowest BCUT2D eigenvalue weighted by Gasteiger charge is -2.17. The van der Waals surface area contributed by atoms with Gasteiger partial charge in [0.2, 0.25) is 11.9 Å². The SMILES string of the molecule is O=C(NCc1cccc(CN2CCCC2=O)c1)c1nc(N2CCCC2)ncc1Cl. The van der Waals surface area contributed by atoms with Gasteiger partial charge in [0, 0.05) is 39.1 Å². The number of carbonyl (C=O) groups excluding carboxylic acids is 2. The van der Waals surface area contributed by atoms with Crippen LogP contribution in [0.1, 0.15) is 47.3 Å². The highest BCUT2D eigenvalue weighted by atomic mass is 35.5. The van der Waals surface area contributed by atoms with Crippen molar-refractivity contribution in [3.05, 3.63) is 52.3 Å². The minimum atomic E-state index is -0.321. The Balaban J connectivity index is 1.40. The minimum Gasteiger partial charge on any atom is -0.347 e. The predicted molar refractivity (Wildman–Crippen MR) is 111 cm³/mol. The van der Waals surface area contributed by atoms with Gasteiger partial charge in [0.25, 0.3) is 5.91 Å². The Morgan fingerprint density at radius 3 is 2.69 bits per heavy atom. The number of aromatic nitrogens is 2. The number of rotatable bonds is 6. The number of carbonyl (C=O) groups is 2. The zero-order chi connectivity index (χ0) is 20.2. The summed E-state index contributed by atoms with van der Waals surface area (Å²) >= 11 is 6.17. The highest BCUT2D eigenvalue weighted by molar-refractivity contribution is 6.33. The fourth-order valence-electron chi connectivity index (χ4n) is 3.78. The molecule has 0 bridgehead atoms. The van der Waals surface area contributed by atoms with Crippen molar-refractivity contribution in [2.24, 2.45) is 0 Å². The molecule has 0 aliphatic carbocycles. The van der Waals surface area contributed by atoms with Crippen LogP contribution in [0.25, 0.3) is 0 Å². The quantitative estimate of drug-likeness (QED) is 0.787. The third-order valence-corrected chi connectivity index (χ3v) is 5.60. The smallest absolute Gasteiger partial charge is 0.271 e. The van der Waals surface area contributed by atoms with Crippen LogP contribution in [0.5, 0.6) is 0 Å². The molecule has 29 heavy (non-hydrogen) atoms. The average Bonchev–Trinajstić information content (AvgIpc) is 3.39. The Morgan fingerprint density at radius 1 is 1.14 bits per heavy atom. The molecule has 4 rings (SSSR count). The fraction of sp³-hybridized carbons (Fsp3) is 0.429. The first-order valence-corrected chi connectivity index (χ1v) is 10.4. The average molecular weight is 414 g/mol. The Morgan fingerprint density at radius 2 is 1.93 bits per heavy atom. The van der Waals surface area contributed by atoms with Crippen LogP contribution >= 0.6 is 11.6 Å². The Labute approximate surface area is 175 Å². The number of nitrogens with one attached hydrogen (secondary N) is 1. The molecule has 2 saturated heterocycles. The van der Waals surface area contributed by atoms with E-state index in [-0.39, 0.29) is 22.5 Å². The molecule has 0 radical (unpaired) electrons. The third kappa shape index (κ3) is 4.67. The van der Waals surface area contributed by atoms with Gasteiger partial charge in [-0.3, -0.25) is 9.59 Å². The highest BCUT2D eigenvalue weighted by Crippen LogP contribution is 2.20. The van der Waals surface area contributed by atoms with Crippen LogP contribution in [-0.4, -0.2) is 46.3 Å². The predicted octanol–water partition coefficient (Wildman–Crippen LogP) is 2.78. The third-order valence-electron chi connectivity index (χ3n) is 5.32. The van der Waals surface area contributed by atoms with Crippen molar-refractivity contribution in [2.45, 2.75) is 38.8 Å². The molecule has 2 fully saturated rings. The molecule has 1 N–H and O–H groups in total. The number of hydrogen-bond acceptors (Lipinski definition) is 5. The topological polar surface area (TPSA) is 78.4 Å². The van der Waals surface area contributed by atoms with Crippen LogP contribution in [0.4, 0.5) is 5.95 Å². The van der Waals surface area contributed by atoms with Crippen molar-refractivity contribution in [3.8, 4) is 0 Å². The number of likely N-dealkylation sites (tertiary alicyclic amines) is 1. The van der Waals surface area contributed by atoms with Gasteiger partial charge in [0.15, 0.2) is 5.69 Å². The summed E-state index contributed by atoms with van der Waals surface area (Å²) in [6.07, 6.45) is 5.26. The second kappa shape index (κ2) is 8.78. The monoisotopic (exact) mass is 413 g/mol. The maximum absolute atomic E-state index is 12.7. The van der Waals surface area contributed by atoms with E-state index in [1.54, 1.807) is 0 Å². The van der Waals surface area contributed by atoms with Crippen molar-refractivity contribution in [1.29, 1.82) is 0 Å². The lowest BCUT2D eigenvalue weighted by atomic mass is 10.1. The molecule has 2 aromatic rings. The molecule has 0 spiro atoms. The van der Waals surface area contributed by atoms with Gasteiger partial charge in [-0.15, -0.1) is 0 Å². The molecule has 0 unspecified atom stereocenters. The molecule has 152 valence electrons. The van der Waals surface area contributed by atoms with E-state index >= 15 is 0 Å². The number of halogens is 1. The van der Waals surface area contributed by atoms with Gasteiger partial charge >= 0.3 is 0 Å². The van der Waals surface area contributed by atoms with Gasteiger partial charge in [0.1, 0.15) is 0 Å². The standard InChI is InChI=1S/C21H24ClN5O2/c22-17-13-24-21(26-8-1-2-9-26)25-19(17)20(29)23-12-15-5-3-6-16(11-15)14-27-10-4-7-18(27)28/h3,5-6,11,13H,1-2,4,7-10,12,14H2,(H,23,29). The van der Waals surface area contributed by atoms with E-state index in [0.29, 0.717) is 25.5 Å². The van der Waals surface area contributed by atoms with E-state index in [4.69, 9.17) is 11.6 Å². The van der Waals surface area contributed by atoms with Crippen LogP contribution in [0, 0.1) is 0 Å². The highest BCUT2D eigenvalue weighted by Gasteiger charge is 2.21. The van der Waals surface area contributed by atoms with Crippen molar-refractivity contribution >= 4 is 29.4 Å². The van der Waals surface area contributed by atoms with Gasteiger partial charge in [-0.05, 0) is 30.4 Å². The summed E-state index contributed by atoms with van der Waals surface area (Å²) in [4.78, 5) is 37.1. The van der Waals surface area contributed by atoms with E-state index in [1.807, 2.05) is 29.2 Å². The lowest BCUT2D eigenvalue weighted by molar-refractivity contribution is -0.128. The largest absolute Gasteiger partial charge is 0.347 e. The van der Waals surface area contributed by atoms with E-state index in [0.717, 1.165) is 50.0 Å². The maximum Gasteiger partial charge on any atom is 0.271 e. The van der Waals surface area contributed by atoms with Crippen LogP contribution in [0.2, 0.25) is 5.02 Å². The second-order valence-corrected chi connectivity index (χ2v) is 7.89. The number of hydrogen-bond donors (Lipinski definition) is 1. The number of nitrogens with zero attached hydrogens (tertiary/aromatic N) is 4. The summed E-state index contributed by atoms with van der Waals surface area (Å²) in [5.74, 6) is 0.434. The van der Waals surface area contributed by atoms with Crippen LogP contribution in [0.15, 0.2) is 30.5 Å². The molecular weight excluding hydrogens is 390 g/mol. The Bertz CT molecular complexity index is 914.